The minimum atomic E-state index is -0.993. The van der Waals surface area contributed by atoms with Crippen molar-refractivity contribution in [3.63, 3.8) is 0 Å². The van der Waals surface area contributed by atoms with Gasteiger partial charge in [-0.2, -0.15) is 0 Å². The SMILES string of the molecule is CC(NC(=O)c1cccs1)C(=O)NCC1(O)CCOC1. The molecule has 1 saturated heterocycles. The highest BCUT2D eigenvalue weighted by molar-refractivity contribution is 7.12. The van der Waals surface area contributed by atoms with Crippen LogP contribution in [0.4, 0.5) is 0 Å². The van der Waals surface area contributed by atoms with Gasteiger partial charge in [-0.25, -0.2) is 0 Å². The van der Waals surface area contributed by atoms with Crippen LogP contribution in [0.5, 0.6) is 0 Å². The van der Waals surface area contributed by atoms with Gasteiger partial charge < -0.3 is 20.5 Å². The third-order valence-corrected chi connectivity index (χ3v) is 4.03. The van der Waals surface area contributed by atoms with Crippen LogP contribution in [0.2, 0.25) is 0 Å². The molecule has 1 fully saturated rings. The normalized spacial score (nSPS) is 23.3. The number of carbonyl (C=O) groups is 2. The zero-order valence-corrected chi connectivity index (χ0v) is 12.0. The summed E-state index contributed by atoms with van der Waals surface area (Å²) in [6, 6.07) is 2.82. The molecule has 7 heteroatoms. The Morgan fingerprint density at radius 2 is 2.40 bits per heavy atom. The molecule has 2 atom stereocenters. The molecule has 2 heterocycles. The molecule has 0 aliphatic carbocycles. The Morgan fingerprint density at radius 1 is 1.60 bits per heavy atom. The zero-order chi connectivity index (χ0) is 14.6. The molecule has 0 radical (unpaired) electrons. The van der Waals surface area contributed by atoms with Crippen LogP contribution in [0.25, 0.3) is 0 Å². The van der Waals surface area contributed by atoms with Crippen molar-refractivity contribution in [3.8, 4) is 0 Å². The van der Waals surface area contributed by atoms with E-state index in [1.807, 2.05) is 0 Å². The number of ether oxygens (including phenoxy) is 1. The van der Waals surface area contributed by atoms with Crippen molar-refractivity contribution in [2.75, 3.05) is 19.8 Å². The summed E-state index contributed by atoms with van der Waals surface area (Å²) in [6.45, 7) is 2.46. The quantitative estimate of drug-likeness (QED) is 0.721. The molecule has 0 saturated carbocycles. The van der Waals surface area contributed by atoms with E-state index in [0.29, 0.717) is 17.9 Å². The number of rotatable bonds is 5. The van der Waals surface area contributed by atoms with Crippen molar-refractivity contribution in [3.05, 3.63) is 22.4 Å². The first-order chi connectivity index (χ1) is 9.50. The largest absolute Gasteiger partial charge is 0.386 e. The Hall–Kier alpha value is -1.44. The van der Waals surface area contributed by atoms with E-state index in [-0.39, 0.29) is 25.0 Å². The fourth-order valence-corrected chi connectivity index (χ4v) is 2.51. The van der Waals surface area contributed by atoms with E-state index in [0.717, 1.165) is 0 Å². The van der Waals surface area contributed by atoms with Crippen molar-refractivity contribution >= 4 is 23.2 Å². The second kappa shape index (κ2) is 6.34. The number of nitrogens with one attached hydrogen (secondary N) is 2. The molecule has 2 rings (SSSR count). The van der Waals surface area contributed by atoms with Crippen LogP contribution in [-0.4, -0.2) is 48.3 Å². The molecule has 6 nitrogen and oxygen atoms in total. The second-order valence-electron chi connectivity index (χ2n) is 4.92. The summed E-state index contributed by atoms with van der Waals surface area (Å²) >= 11 is 1.32. The van der Waals surface area contributed by atoms with Crippen LogP contribution in [-0.2, 0) is 9.53 Å². The van der Waals surface area contributed by atoms with E-state index in [9.17, 15) is 14.7 Å². The van der Waals surface area contributed by atoms with Crippen LogP contribution < -0.4 is 10.6 Å². The van der Waals surface area contributed by atoms with Crippen LogP contribution in [0, 0.1) is 0 Å². The molecule has 20 heavy (non-hydrogen) atoms. The average Bonchev–Trinajstić information content (AvgIpc) is 3.07. The highest BCUT2D eigenvalue weighted by Gasteiger charge is 2.33. The van der Waals surface area contributed by atoms with Crippen molar-refractivity contribution in [1.82, 2.24) is 10.6 Å². The van der Waals surface area contributed by atoms with E-state index in [1.165, 1.54) is 11.3 Å². The van der Waals surface area contributed by atoms with Crippen LogP contribution in [0.15, 0.2) is 17.5 Å². The van der Waals surface area contributed by atoms with Gasteiger partial charge in [0.1, 0.15) is 11.6 Å². The minimum Gasteiger partial charge on any atom is -0.386 e. The first-order valence-corrected chi connectivity index (χ1v) is 7.30. The van der Waals surface area contributed by atoms with Gasteiger partial charge in [-0.05, 0) is 18.4 Å². The molecule has 0 aromatic carbocycles. The third-order valence-electron chi connectivity index (χ3n) is 3.16. The Kier molecular flexibility index (Phi) is 4.74. The summed E-state index contributed by atoms with van der Waals surface area (Å²) in [4.78, 5) is 24.2. The molecule has 110 valence electrons. The highest BCUT2D eigenvalue weighted by atomic mass is 32.1. The minimum absolute atomic E-state index is 0.130. The molecule has 0 spiro atoms. The number of hydrogen-bond acceptors (Lipinski definition) is 5. The predicted octanol–water partition coefficient (Wildman–Crippen LogP) is 0.134. The van der Waals surface area contributed by atoms with Gasteiger partial charge in [0.05, 0.1) is 11.5 Å². The topological polar surface area (TPSA) is 87.7 Å². The predicted molar refractivity (Wildman–Crippen MR) is 74.6 cm³/mol. The average molecular weight is 298 g/mol. The maximum atomic E-state index is 11.9. The zero-order valence-electron chi connectivity index (χ0n) is 11.2. The molecule has 2 amide bonds. The number of aliphatic hydroxyl groups is 1. The molecule has 1 aliphatic heterocycles. The van der Waals surface area contributed by atoms with Crippen LogP contribution in [0.3, 0.4) is 0 Å². The summed E-state index contributed by atoms with van der Waals surface area (Å²) in [7, 11) is 0. The monoisotopic (exact) mass is 298 g/mol. The van der Waals surface area contributed by atoms with Crippen LogP contribution >= 0.6 is 11.3 Å². The molecular formula is C13H18N2O4S. The fraction of sp³-hybridized carbons (Fsp3) is 0.538. The summed E-state index contributed by atoms with van der Waals surface area (Å²) in [6.07, 6.45) is 0.503. The van der Waals surface area contributed by atoms with E-state index in [4.69, 9.17) is 4.74 Å². The van der Waals surface area contributed by atoms with Gasteiger partial charge in [0.15, 0.2) is 0 Å². The van der Waals surface area contributed by atoms with E-state index >= 15 is 0 Å². The van der Waals surface area contributed by atoms with Gasteiger partial charge in [0.2, 0.25) is 5.91 Å². The Morgan fingerprint density at radius 3 is 3.00 bits per heavy atom. The maximum Gasteiger partial charge on any atom is 0.261 e. The Labute approximate surface area is 121 Å². The maximum absolute atomic E-state index is 11.9. The molecule has 0 bridgehead atoms. The summed E-state index contributed by atoms with van der Waals surface area (Å²) in [5.41, 5.74) is -0.993. The van der Waals surface area contributed by atoms with Gasteiger partial charge in [0.25, 0.3) is 5.91 Å². The van der Waals surface area contributed by atoms with E-state index in [1.54, 1.807) is 24.4 Å². The van der Waals surface area contributed by atoms with Gasteiger partial charge >= 0.3 is 0 Å². The van der Waals surface area contributed by atoms with Crippen molar-refractivity contribution < 1.29 is 19.4 Å². The lowest BCUT2D eigenvalue weighted by atomic mass is 10.0. The van der Waals surface area contributed by atoms with Crippen molar-refractivity contribution in [2.45, 2.75) is 25.0 Å². The van der Waals surface area contributed by atoms with Crippen LogP contribution in [0.1, 0.15) is 23.0 Å². The first kappa shape index (κ1) is 15.0. The smallest absolute Gasteiger partial charge is 0.261 e. The fourth-order valence-electron chi connectivity index (χ4n) is 1.88. The molecule has 2 unspecified atom stereocenters. The molecule has 1 aliphatic rings. The Balaban J connectivity index is 1.78. The molecule has 1 aromatic heterocycles. The third kappa shape index (κ3) is 3.78. The van der Waals surface area contributed by atoms with Crippen molar-refractivity contribution in [2.24, 2.45) is 0 Å². The molecular weight excluding hydrogens is 280 g/mol. The Bertz CT molecular complexity index is 469. The lowest BCUT2D eigenvalue weighted by Gasteiger charge is -2.22. The number of carbonyl (C=O) groups excluding carboxylic acids is 2. The van der Waals surface area contributed by atoms with Gasteiger partial charge in [-0.1, -0.05) is 6.07 Å². The van der Waals surface area contributed by atoms with Gasteiger partial charge in [-0.3, -0.25) is 9.59 Å². The van der Waals surface area contributed by atoms with Crippen molar-refractivity contribution in [1.29, 1.82) is 0 Å². The summed E-state index contributed by atoms with van der Waals surface area (Å²) < 4.78 is 5.10. The highest BCUT2D eigenvalue weighted by Crippen LogP contribution is 2.16. The summed E-state index contributed by atoms with van der Waals surface area (Å²) in [5, 5.41) is 17.1. The standard InChI is InChI=1S/C13H18N2O4S/c1-9(15-12(17)10-3-2-6-20-10)11(16)14-7-13(18)4-5-19-8-13/h2-3,6,9,18H,4-5,7-8H2,1H3,(H,14,16)(H,15,17). The van der Waals surface area contributed by atoms with Gasteiger partial charge in [-0.15, -0.1) is 11.3 Å². The molecule has 3 N–H and O–H groups in total. The summed E-state index contributed by atoms with van der Waals surface area (Å²) in [5.74, 6) is -0.596. The number of hydrogen-bond donors (Lipinski definition) is 3. The number of amides is 2. The second-order valence-corrected chi connectivity index (χ2v) is 5.86. The molecule has 1 aromatic rings. The first-order valence-electron chi connectivity index (χ1n) is 6.42. The van der Waals surface area contributed by atoms with Gasteiger partial charge in [0, 0.05) is 19.6 Å². The van der Waals surface area contributed by atoms with E-state index < -0.39 is 11.6 Å². The van der Waals surface area contributed by atoms with E-state index in [2.05, 4.69) is 10.6 Å². The lowest BCUT2D eigenvalue weighted by Crippen LogP contribution is -2.50. The number of thiophene rings is 1. The lowest BCUT2D eigenvalue weighted by molar-refractivity contribution is -0.123.